The number of carbonyl (C=O) groups is 2. The molecule has 0 aliphatic carbocycles. The molecule has 1 unspecified atom stereocenters. The Bertz CT molecular complexity index is 418. The zero-order chi connectivity index (χ0) is 12.8. The Hall–Kier alpha value is -1.88. The second kappa shape index (κ2) is 6.00. The summed E-state index contributed by atoms with van der Waals surface area (Å²) in [6, 6.07) is 6.24. The van der Waals surface area contributed by atoms with Gasteiger partial charge < -0.3 is 21.6 Å². The molecule has 1 rings (SSSR count). The molecule has 5 N–H and O–H groups in total. The number of Topliss-reactive ketones (excluding diaryl/α,β-unsaturated/α-hetero) is 1. The molecule has 0 aliphatic rings. The molecule has 1 aromatic carbocycles. The Morgan fingerprint density at radius 3 is 2.59 bits per heavy atom. The molecule has 5 heteroatoms. The molecule has 0 saturated heterocycles. The minimum Gasteiger partial charge on any atom is -0.397 e. The van der Waals surface area contributed by atoms with Gasteiger partial charge in [-0.15, -0.1) is 0 Å². The molecular weight excluding hydrogens is 218 g/mol. The molecule has 1 atom stereocenters. The van der Waals surface area contributed by atoms with E-state index in [0.717, 1.165) is 0 Å². The van der Waals surface area contributed by atoms with Crippen LogP contribution in [0.1, 0.15) is 19.8 Å². The average molecular weight is 235 g/mol. The van der Waals surface area contributed by atoms with Gasteiger partial charge in [-0.3, -0.25) is 4.79 Å². The van der Waals surface area contributed by atoms with Crippen LogP contribution in [0.5, 0.6) is 0 Å². The second-order valence-electron chi connectivity index (χ2n) is 3.92. The number of nitrogen functional groups attached to an aromatic ring is 1. The van der Waals surface area contributed by atoms with Crippen LogP contribution < -0.4 is 16.8 Å². The van der Waals surface area contributed by atoms with E-state index >= 15 is 0 Å². The van der Waals surface area contributed by atoms with E-state index in [-0.39, 0.29) is 11.7 Å². The Balaban J connectivity index is 2.54. The Morgan fingerprint density at radius 2 is 2.00 bits per heavy atom. The lowest BCUT2D eigenvalue weighted by Gasteiger charge is -2.12. The number of benzene rings is 1. The molecule has 0 aliphatic heterocycles. The van der Waals surface area contributed by atoms with Crippen molar-refractivity contribution in [2.75, 3.05) is 11.1 Å². The van der Waals surface area contributed by atoms with Gasteiger partial charge in [0, 0.05) is 6.42 Å². The SMILES string of the molecule is CC(=O)CCC(N)C(=O)Nc1ccccc1N. The van der Waals surface area contributed by atoms with Crippen LogP contribution in [0.15, 0.2) is 24.3 Å². The summed E-state index contributed by atoms with van der Waals surface area (Å²) in [5.74, 6) is -0.309. The quantitative estimate of drug-likeness (QED) is 0.660. The predicted octanol–water partition coefficient (Wildman–Crippen LogP) is 0.904. The zero-order valence-corrected chi connectivity index (χ0v) is 9.77. The van der Waals surface area contributed by atoms with Crippen LogP contribution in [0.4, 0.5) is 11.4 Å². The molecule has 1 aromatic rings. The van der Waals surface area contributed by atoms with Crippen LogP contribution in [0.25, 0.3) is 0 Å². The number of hydrogen-bond donors (Lipinski definition) is 3. The van der Waals surface area contributed by atoms with E-state index in [0.29, 0.717) is 24.2 Å². The maximum Gasteiger partial charge on any atom is 0.241 e. The molecule has 0 heterocycles. The number of carbonyl (C=O) groups excluding carboxylic acids is 2. The molecule has 0 radical (unpaired) electrons. The molecule has 0 saturated carbocycles. The van der Waals surface area contributed by atoms with Gasteiger partial charge in [0.1, 0.15) is 5.78 Å². The number of ketones is 1. The van der Waals surface area contributed by atoms with E-state index in [1.807, 2.05) is 0 Å². The van der Waals surface area contributed by atoms with Crippen LogP contribution in [0, 0.1) is 0 Å². The maximum atomic E-state index is 11.7. The largest absolute Gasteiger partial charge is 0.397 e. The Morgan fingerprint density at radius 1 is 1.35 bits per heavy atom. The van der Waals surface area contributed by atoms with Gasteiger partial charge in [-0.25, -0.2) is 0 Å². The maximum absolute atomic E-state index is 11.7. The predicted molar refractivity (Wildman–Crippen MR) is 67.4 cm³/mol. The van der Waals surface area contributed by atoms with Crippen molar-refractivity contribution in [1.82, 2.24) is 0 Å². The van der Waals surface area contributed by atoms with Gasteiger partial charge in [0.15, 0.2) is 0 Å². The Kier molecular flexibility index (Phi) is 4.66. The summed E-state index contributed by atoms with van der Waals surface area (Å²) in [7, 11) is 0. The van der Waals surface area contributed by atoms with E-state index < -0.39 is 6.04 Å². The first kappa shape index (κ1) is 13.2. The normalized spacial score (nSPS) is 11.9. The van der Waals surface area contributed by atoms with Crippen molar-refractivity contribution in [2.24, 2.45) is 5.73 Å². The third-order valence-corrected chi connectivity index (χ3v) is 2.36. The molecule has 92 valence electrons. The van der Waals surface area contributed by atoms with E-state index in [9.17, 15) is 9.59 Å². The summed E-state index contributed by atoms with van der Waals surface area (Å²) < 4.78 is 0. The minimum absolute atomic E-state index is 0.0208. The third kappa shape index (κ3) is 4.24. The van der Waals surface area contributed by atoms with Crippen LogP contribution in [-0.4, -0.2) is 17.7 Å². The smallest absolute Gasteiger partial charge is 0.241 e. The van der Waals surface area contributed by atoms with Crippen molar-refractivity contribution in [3.8, 4) is 0 Å². The molecule has 1 amide bonds. The fourth-order valence-electron chi connectivity index (χ4n) is 1.33. The number of hydrogen-bond acceptors (Lipinski definition) is 4. The van der Waals surface area contributed by atoms with Crippen molar-refractivity contribution in [3.63, 3.8) is 0 Å². The summed E-state index contributed by atoms with van der Waals surface area (Å²) in [4.78, 5) is 22.5. The lowest BCUT2D eigenvalue weighted by molar-refractivity contribution is -0.118. The molecule has 17 heavy (non-hydrogen) atoms. The Labute approximate surface area is 100 Å². The van der Waals surface area contributed by atoms with E-state index in [4.69, 9.17) is 11.5 Å². The summed E-state index contributed by atoms with van der Waals surface area (Å²) in [6.45, 7) is 1.47. The fourth-order valence-corrected chi connectivity index (χ4v) is 1.33. The summed E-state index contributed by atoms with van der Waals surface area (Å²) in [6.07, 6.45) is 0.646. The highest BCUT2D eigenvalue weighted by Crippen LogP contribution is 2.16. The fraction of sp³-hybridized carbons (Fsp3) is 0.333. The van der Waals surface area contributed by atoms with Crippen LogP contribution in [0.2, 0.25) is 0 Å². The topological polar surface area (TPSA) is 98.2 Å². The number of rotatable bonds is 5. The number of para-hydroxylation sites is 2. The van der Waals surface area contributed by atoms with Crippen LogP contribution >= 0.6 is 0 Å². The molecule has 0 aromatic heterocycles. The number of amides is 1. The van der Waals surface area contributed by atoms with Crippen LogP contribution in [-0.2, 0) is 9.59 Å². The van der Waals surface area contributed by atoms with Crippen molar-refractivity contribution >= 4 is 23.1 Å². The summed E-state index contributed by atoms with van der Waals surface area (Å²) >= 11 is 0. The third-order valence-electron chi connectivity index (χ3n) is 2.36. The van der Waals surface area contributed by atoms with Crippen molar-refractivity contribution < 1.29 is 9.59 Å². The van der Waals surface area contributed by atoms with Gasteiger partial charge in [-0.05, 0) is 25.5 Å². The number of nitrogens with one attached hydrogen (secondary N) is 1. The first-order valence-electron chi connectivity index (χ1n) is 5.41. The van der Waals surface area contributed by atoms with Crippen LogP contribution in [0.3, 0.4) is 0 Å². The van der Waals surface area contributed by atoms with Gasteiger partial charge in [-0.1, -0.05) is 12.1 Å². The molecular formula is C12H17N3O2. The first-order valence-corrected chi connectivity index (χ1v) is 5.41. The molecule has 0 fully saturated rings. The first-order chi connectivity index (χ1) is 8.00. The highest BCUT2D eigenvalue weighted by molar-refractivity contribution is 5.97. The molecule has 0 bridgehead atoms. The highest BCUT2D eigenvalue weighted by Gasteiger charge is 2.14. The monoisotopic (exact) mass is 235 g/mol. The average Bonchev–Trinajstić information content (AvgIpc) is 2.28. The lowest BCUT2D eigenvalue weighted by Crippen LogP contribution is -2.36. The highest BCUT2D eigenvalue weighted by atomic mass is 16.2. The van der Waals surface area contributed by atoms with Gasteiger partial charge in [0.25, 0.3) is 0 Å². The van der Waals surface area contributed by atoms with Gasteiger partial charge in [0.2, 0.25) is 5.91 Å². The zero-order valence-electron chi connectivity index (χ0n) is 9.77. The van der Waals surface area contributed by atoms with Gasteiger partial charge in [0.05, 0.1) is 17.4 Å². The van der Waals surface area contributed by atoms with Crippen molar-refractivity contribution in [3.05, 3.63) is 24.3 Å². The molecule has 5 nitrogen and oxygen atoms in total. The molecule has 0 spiro atoms. The van der Waals surface area contributed by atoms with E-state index in [1.165, 1.54) is 6.92 Å². The van der Waals surface area contributed by atoms with Gasteiger partial charge in [-0.2, -0.15) is 0 Å². The van der Waals surface area contributed by atoms with Crippen molar-refractivity contribution in [1.29, 1.82) is 0 Å². The minimum atomic E-state index is -0.696. The summed E-state index contributed by atoms with van der Waals surface area (Å²) in [5.41, 5.74) is 12.4. The van der Waals surface area contributed by atoms with E-state index in [2.05, 4.69) is 5.32 Å². The summed E-state index contributed by atoms with van der Waals surface area (Å²) in [5, 5.41) is 2.63. The second-order valence-corrected chi connectivity index (χ2v) is 3.92. The van der Waals surface area contributed by atoms with Gasteiger partial charge >= 0.3 is 0 Å². The number of nitrogens with two attached hydrogens (primary N) is 2. The van der Waals surface area contributed by atoms with E-state index in [1.54, 1.807) is 24.3 Å². The number of anilines is 2. The lowest BCUT2D eigenvalue weighted by atomic mass is 10.1. The van der Waals surface area contributed by atoms with Crippen molar-refractivity contribution in [2.45, 2.75) is 25.8 Å². The standard InChI is InChI=1S/C12H17N3O2/c1-8(16)6-7-10(14)12(17)15-11-5-3-2-4-9(11)13/h2-5,10H,6-7,13-14H2,1H3,(H,15,17).